The number of para-hydroxylation sites is 2. The van der Waals surface area contributed by atoms with Gasteiger partial charge >= 0.3 is 5.69 Å². The van der Waals surface area contributed by atoms with Crippen molar-refractivity contribution in [1.82, 2.24) is 14.1 Å². The molecule has 1 saturated heterocycles. The number of hydrogen-bond donors (Lipinski definition) is 1. The van der Waals surface area contributed by atoms with E-state index in [0.29, 0.717) is 18.1 Å². The highest BCUT2D eigenvalue weighted by Gasteiger charge is 2.29. The average molecular weight is 516 g/mol. The normalized spacial score (nSPS) is 15.2. The quantitative estimate of drug-likeness (QED) is 0.308. The number of carbonyl (C=O) groups excluding carboxylic acids is 1. The zero-order chi connectivity index (χ0) is 25.9. The first-order chi connectivity index (χ1) is 18.0. The number of benzene rings is 2. The van der Waals surface area contributed by atoms with Crippen LogP contribution in [0.25, 0.3) is 16.2 Å². The molecule has 2 fully saturated rings. The van der Waals surface area contributed by atoms with Crippen LogP contribution in [-0.2, 0) is 4.79 Å². The maximum Gasteiger partial charge on any atom is 0.335 e. The number of anilines is 2. The molecular weight excluding hydrogens is 490 g/mol. The molecular formula is C26H26BFN6O2S. The Morgan fingerprint density at radius 1 is 1.19 bits per heavy atom. The molecule has 1 amide bonds. The minimum atomic E-state index is -0.380. The smallest absolute Gasteiger partial charge is 0.335 e. The van der Waals surface area contributed by atoms with Crippen LogP contribution in [0, 0.1) is 24.0 Å². The van der Waals surface area contributed by atoms with Gasteiger partial charge in [-0.3, -0.25) is 9.36 Å². The molecule has 0 atom stereocenters. The lowest BCUT2D eigenvalue weighted by molar-refractivity contribution is -0.105. The van der Waals surface area contributed by atoms with Crippen molar-refractivity contribution in [3.05, 3.63) is 69.8 Å². The van der Waals surface area contributed by atoms with Crippen LogP contribution in [0.2, 0.25) is 12.6 Å². The number of halogens is 1. The number of rotatable bonds is 5. The van der Waals surface area contributed by atoms with Crippen molar-refractivity contribution >= 4 is 46.9 Å². The Morgan fingerprint density at radius 3 is 2.54 bits per heavy atom. The fraction of sp³-hybridized carbons (Fsp3) is 0.308. The lowest BCUT2D eigenvalue weighted by Gasteiger charge is -2.31. The van der Waals surface area contributed by atoms with Crippen LogP contribution in [0.3, 0.4) is 0 Å². The van der Waals surface area contributed by atoms with Crippen molar-refractivity contribution in [1.29, 1.82) is 5.26 Å². The van der Waals surface area contributed by atoms with E-state index in [4.69, 9.17) is 5.26 Å². The van der Waals surface area contributed by atoms with Crippen LogP contribution < -0.4 is 15.9 Å². The molecule has 188 valence electrons. The van der Waals surface area contributed by atoms with Gasteiger partial charge in [-0.25, -0.2) is 24.0 Å². The number of fused-ring (bicyclic) bond motifs is 1. The fourth-order valence-corrected chi connectivity index (χ4v) is 5.51. The number of hydrogen-bond acceptors (Lipinski definition) is 6. The number of nitriles is 1. The van der Waals surface area contributed by atoms with Crippen LogP contribution in [-0.4, -0.2) is 40.3 Å². The Morgan fingerprint density at radius 2 is 1.92 bits per heavy atom. The van der Waals surface area contributed by atoms with Gasteiger partial charge in [-0.2, -0.15) is 0 Å². The summed E-state index contributed by atoms with van der Waals surface area (Å²) in [6.07, 6.45) is 4.35. The number of amides is 1. The molecule has 1 saturated carbocycles. The van der Waals surface area contributed by atoms with Crippen molar-refractivity contribution in [2.75, 3.05) is 23.3 Å². The predicted molar refractivity (Wildman–Crippen MR) is 145 cm³/mol. The first-order valence-electron chi connectivity index (χ1n) is 12.3. The zero-order valence-electron chi connectivity index (χ0n) is 20.4. The van der Waals surface area contributed by atoms with Gasteiger partial charge in [-0.15, -0.1) is 11.3 Å². The van der Waals surface area contributed by atoms with Gasteiger partial charge in [-0.05, 0) is 62.7 Å². The SMILES string of the molecule is Cc1csc(-n2c(=O)n(C3CC3)c3ccccc32)n1.N#CB1CCN(c2ccc(F)cc2NC=O)CC1. The van der Waals surface area contributed by atoms with Gasteiger partial charge in [0, 0.05) is 30.5 Å². The standard InChI is InChI=1S/C14H13N3OS.C12H13BFN3O/c1-9-8-19-13(15-9)17-12-5-3-2-4-11(12)16(14(17)18)10-6-7-10;14-10-1-2-12(11(7-10)16-9-18)17-5-3-13(8-15)4-6-17/h2-5,8,10H,6-7H2,1H3;1-2,7,9H,3-6H2,(H,16,18). The number of nitrogens with one attached hydrogen (secondary N) is 1. The maximum atomic E-state index is 13.1. The third-order valence-electron chi connectivity index (χ3n) is 6.68. The third kappa shape index (κ3) is 5.15. The molecule has 1 aliphatic heterocycles. The van der Waals surface area contributed by atoms with Crippen LogP contribution in [0.1, 0.15) is 24.6 Å². The molecule has 6 rings (SSSR count). The molecule has 0 bridgehead atoms. The Bertz CT molecular complexity index is 1530. The molecule has 37 heavy (non-hydrogen) atoms. The molecule has 0 radical (unpaired) electrons. The third-order valence-corrected chi connectivity index (χ3v) is 7.62. The van der Waals surface area contributed by atoms with E-state index in [1.54, 1.807) is 10.6 Å². The highest BCUT2D eigenvalue weighted by Crippen LogP contribution is 2.36. The summed E-state index contributed by atoms with van der Waals surface area (Å²) >= 11 is 1.52. The fourth-order valence-electron chi connectivity index (χ4n) is 4.70. The molecule has 1 N–H and O–H groups in total. The summed E-state index contributed by atoms with van der Waals surface area (Å²) in [5, 5.41) is 14.1. The van der Waals surface area contributed by atoms with E-state index >= 15 is 0 Å². The molecule has 1 aliphatic carbocycles. The summed E-state index contributed by atoms with van der Waals surface area (Å²) in [5.41, 5.74) is 4.24. The number of aryl methyl sites for hydroxylation is 1. The van der Waals surface area contributed by atoms with Crippen LogP contribution in [0.4, 0.5) is 15.8 Å². The topological polar surface area (TPSA) is 95.9 Å². The van der Waals surface area contributed by atoms with Crippen molar-refractivity contribution in [3.63, 3.8) is 0 Å². The van der Waals surface area contributed by atoms with Gasteiger partial charge < -0.3 is 10.2 Å². The van der Waals surface area contributed by atoms with Gasteiger partial charge in [0.25, 0.3) is 6.71 Å². The van der Waals surface area contributed by atoms with Gasteiger partial charge in [0.15, 0.2) is 5.13 Å². The summed E-state index contributed by atoms with van der Waals surface area (Å²) in [6, 6.07) is 12.7. The van der Waals surface area contributed by atoms with Gasteiger partial charge in [-0.1, -0.05) is 12.1 Å². The monoisotopic (exact) mass is 516 g/mol. The number of carbonyl (C=O) groups is 1. The van der Waals surface area contributed by atoms with E-state index in [-0.39, 0.29) is 18.2 Å². The van der Waals surface area contributed by atoms with E-state index in [0.717, 1.165) is 66.1 Å². The predicted octanol–water partition coefficient (Wildman–Crippen LogP) is 4.66. The minimum Gasteiger partial charge on any atom is -0.371 e. The van der Waals surface area contributed by atoms with E-state index in [9.17, 15) is 14.0 Å². The number of aromatic nitrogens is 3. The Labute approximate surface area is 218 Å². The van der Waals surface area contributed by atoms with Crippen LogP contribution >= 0.6 is 11.3 Å². The molecule has 0 unspecified atom stereocenters. The molecule has 2 aromatic carbocycles. The van der Waals surface area contributed by atoms with Crippen molar-refractivity contribution in [2.24, 2.45) is 0 Å². The molecule has 3 heterocycles. The number of imidazole rings is 1. The van der Waals surface area contributed by atoms with Gasteiger partial charge in [0.1, 0.15) is 5.82 Å². The largest absolute Gasteiger partial charge is 0.371 e. The summed E-state index contributed by atoms with van der Waals surface area (Å²) in [6.45, 7) is 3.55. The Balaban J connectivity index is 0.000000152. The first-order valence-corrected chi connectivity index (χ1v) is 13.2. The van der Waals surface area contributed by atoms with Crippen LogP contribution in [0.15, 0.2) is 52.6 Å². The lowest BCUT2D eigenvalue weighted by Crippen LogP contribution is -2.36. The van der Waals surface area contributed by atoms with E-state index in [2.05, 4.69) is 21.2 Å². The minimum absolute atomic E-state index is 0.0399. The van der Waals surface area contributed by atoms with Crippen molar-refractivity contribution < 1.29 is 9.18 Å². The van der Waals surface area contributed by atoms with Crippen molar-refractivity contribution in [3.8, 4) is 11.1 Å². The van der Waals surface area contributed by atoms with E-state index in [1.807, 2.05) is 41.1 Å². The summed E-state index contributed by atoms with van der Waals surface area (Å²) in [5.74, 6) is 1.89. The molecule has 4 aromatic rings. The van der Waals surface area contributed by atoms with E-state index < -0.39 is 0 Å². The zero-order valence-corrected chi connectivity index (χ0v) is 21.2. The first kappa shape index (κ1) is 24.8. The van der Waals surface area contributed by atoms with Crippen LogP contribution in [0.5, 0.6) is 0 Å². The Kier molecular flexibility index (Phi) is 7.10. The number of nitrogens with zero attached hydrogens (tertiary/aromatic N) is 5. The second kappa shape index (κ2) is 10.6. The summed E-state index contributed by atoms with van der Waals surface area (Å²) < 4.78 is 16.8. The summed E-state index contributed by atoms with van der Waals surface area (Å²) in [4.78, 5) is 29.7. The molecule has 11 heteroatoms. The summed E-state index contributed by atoms with van der Waals surface area (Å²) in [7, 11) is 0. The highest BCUT2D eigenvalue weighted by atomic mass is 32.1. The Hall–Kier alpha value is -3.91. The molecule has 0 spiro atoms. The molecule has 2 aromatic heterocycles. The molecule has 2 aliphatic rings. The average Bonchev–Trinajstić information content (AvgIpc) is 3.58. The lowest BCUT2D eigenvalue weighted by atomic mass is 9.45. The number of thiazole rings is 1. The molecule has 8 nitrogen and oxygen atoms in total. The highest BCUT2D eigenvalue weighted by molar-refractivity contribution is 7.12. The van der Waals surface area contributed by atoms with E-state index in [1.165, 1.54) is 23.5 Å². The maximum absolute atomic E-state index is 13.1. The van der Waals surface area contributed by atoms with Crippen molar-refractivity contribution in [2.45, 2.75) is 38.4 Å². The second-order valence-corrected chi connectivity index (χ2v) is 10.1. The second-order valence-electron chi connectivity index (χ2n) is 9.29. The van der Waals surface area contributed by atoms with Gasteiger partial charge in [0.05, 0.1) is 28.1 Å². The van der Waals surface area contributed by atoms with Gasteiger partial charge in [0.2, 0.25) is 6.41 Å².